The number of fused-ring (bicyclic) bond motifs is 3. The first-order valence-electron chi connectivity index (χ1n) is 13.8. The van der Waals surface area contributed by atoms with E-state index >= 15 is 0 Å². The maximum atomic E-state index is 2.60. The Balaban J connectivity index is 1.80. The van der Waals surface area contributed by atoms with Gasteiger partial charge in [0.05, 0.1) is 0 Å². The first kappa shape index (κ1) is 25.9. The van der Waals surface area contributed by atoms with Gasteiger partial charge in [0, 0.05) is 19.5 Å². The number of unbranched alkanes of at least 4 members (excludes halogenated alkanes) is 4. The Labute approximate surface area is 217 Å². The van der Waals surface area contributed by atoms with Crippen LogP contribution in [-0.2, 0) is 6.42 Å². The predicted molar refractivity (Wildman–Crippen MR) is 159 cm³/mol. The van der Waals surface area contributed by atoms with E-state index in [4.69, 9.17) is 0 Å². The van der Waals surface area contributed by atoms with Crippen molar-refractivity contribution in [1.82, 2.24) is 0 Å². The lowest BCUT2D eigenvalue weighted by molar-refractivity contribution is 0.442. The van der Waals surface area contributed by atoms with Crippen molar-refractivity contribution in [2.75, 3.05) is 0 Å². The molecule has 0 spiro atoms. The summed E-state index contributed by atoms with van der Waals surface area (Å²) in [6.07, 6.45) is 13.5. The average Bonchev–Trinajstić information content (AvgIpc) is 3.46. The molecule has 4 rings (SSSR count). The summed E-state index contributed by atoms with van der Waals surface area (Å²) >= 11 is 4.11. The van der Waals surface area contributed by atoms with Gasteiger partial charge >= 0.3 is 0 Å². The van der Waals surface area contributed by atoms with Crippen molar-refractivity contribution in [2.24, 2.45) is 5.92 Å². The Kier molecular flexibility index (Phi) is 8.93. The maximum Gasteiger partial charge on any atom is 0.152 e. The molecule has 0 bridgehead atoms. The molecule has 3 aromatic rings. The fourth-order valence-electron chi connectivity index (χ4n) is 6.17. The molecule has 0 N–H and O–H groups in total. The van der Waals surface area contributed by atoms with Crippen LogP contribution in [-0.4, -0.2) is 8.07 Å². The van der Waals surface area contributed by atoms with Gasteiger partial charge in [-0.15, -0.1) is 22.7 Å². The van der Waals surface area contributed by atoms with E-state index < -0.39 is 8.07 Å². The van der Waals surface area contributed by atoms with Crippen LogP contribution in [0, 0.1) is 19.8 Å². The molecule has 3 heteroatoms. The average molecular weight is 509 g/mol. The van der Waals surface area contributed by atoms with Gasteiger partial charge < -0.3 is 0 Å². The van der Waals surface area contributed by atoms with Crippen molar-refractivity contribution in [3.63, 3.8) is 0 Å². The first-order valence-corrected chi connectivity index (χ1v) is 17.7. The van der Waals surface area contributed by atoms with Crippen LogP contribution in [0.2, 0.25) is 6.04 Å². The molecule has 0 fully saturated rings. The quantitative estimate of drug-likeness (QED) is 0.160. The largest absolute Gasteiger partial charge is 0.152 e. The molecular weight excluding hydrogens is 465 g/mol. The van der Waals surface area contributed by atoms with E-state index in [2.05, 4.69) is 93.7 Å². The summed E-state index contributed by atoms with van der Waals surface area (Å²) in [5.74, 6) is 0.845. The molecule has 0 radical (unpaired) electrons. The minimum absolute atomic E-state index is 0.845. The maximum absolute atomic E-state index is 2.60. The zero-order valence-corrected chi connectivity index (χ0v) is 24.8. The molecule has 1 aromatic carbocycles. The van der Waals surface area contributed by atoms with Crippen LogP contribution in [0.1, 0.15) is 93.9 Å². The second-order valence-electron chi connectivity index (χ2n) is 10.6. The van der Waals surface area contributed by atoms with Crippen LogP contribution in [0.25, 0.3) is 9.75 Å². The molecule has 0 saturated heterocycles. The van der Waals surface area contributed by atoms with Crippen molar-refractivity contribution in [3.8, 4) is 9.75 Å². The number of aryl methyl sites for hydroxylation is 3. The van der Waals surface area contributed by atoms with Crippen LogP contribution < -0.4 is 15.6 Å². The zero-order valence-electron chi connectivity index (χ0n) is 22.1. The standard InChI is InChI=1S/C31H44S2Si/c1-6-9-11-12-15-26(14-10-7-2)22-34(27-18-16-25(13-8-3)17-19-27)28-20-23(4)32-30(28)31-29(34)21-24(5)33-31/h16-21,26H,6-15,22H2,1-5H3. The van der Waals surface area contributed by atoms with E-state index in [0.29, 0.717) is 0 Å². The van der Waals surface area contributed by atoms with Crippen LogP contribution in [0.4, 0.5) is 0 Å². The Bertz CT molecular complexity index is 1010. The minimum Gasteiger partial charge on any atom is -0.140 e. The number of hydrogen-bond donors (Lipinski definition) is 0. The Morgan fingerprint density at radius 3 is 1.85 bits per heavy atom. The molecule has 1 atom stereocenters. The van der Waals surface area contributed by atoms with Crippen LogP contribution in [0.15, 0.2) is 36.4 Å². The SMILES string of the molecule is CCCCCCC(CCCC)C[Si]1(c2ccc(CCC)cc2)c2cc(C)sc2-c2sc(C)cc21. The second kappa shape index (κ2) is 11.7. The van der Waals surface area contributed by atoms with Crippen molar-refractivity contribution in [2.45, 2.75) is 105 Å². The number of thiophene rings is 2. The highest BCUT2D eigenvalue weighted by Gasteiger charge is 2.50. The summed E-state index contributed by atoms with van der Waals surface area (Å²) in [5, 5.41) is 5.15. The molecule has 0 nitrogen and oxygen atoms in total. The second-order valence-corrected chi connectivity index (χ2v) is 17.0. The number of rotatable bonds is 13. The van der Waals surface area contributed by atoms with Crippen molar-refractivity contribution in [3.05, 3.63) is 51.7 Å². The molecule has 1 aliphatic rings. The third kappa shape index (κ3) is 5.17. The van der Waals surface area contributed by atoms with Gasteiger partial charge in [-0.1, -0.05) is 103 Å². The molecule has 1 unspecified atom stereocenters. The predicted octanol–water partition coefficient (Wildman–Crippen LogP) is 8.61. The van der Waals surface area contributed by atoms with Gasteiger partial charge in [-0.25, -0.2) is 0 Å². The summed E-state index contributed by atoms with van der Waals surface area (Å²) in [4.78, 5) is 6.23. The van der Waals surface area contributed by atoms with Crippen LogP contribution >= 0.6 is 22.7 Å². The Morgan fingerprint density at radius 2 is 1.29 bits per heavy atom. The van der Waals surface area contributed by atoms with Gasteiger partial charge in [-0.2, -0.15) is 0 Å². The first-order chi connectivity index (χ1) is 16.5. The topological polar surface area (TPSA) is 0 Å². The Hall–Kier alpha value is -1.16. The van der Waals surface area contributed by atoms with E-state index in [1.807, 2.05) is 0 Å². The third-order valence-corrected chi connectivity index (χ3v) is 15.6. The van der Waals surface area contributed by atoms with E-state index in [9.17, 15) is 0 Å². The van der Waals surface area contributed by atoms with Crippen molar-refractivity contribution >= 4 is 46.3 Å². The number of hydrogen-bond acceptors (Lipinski definition) is 2. The van der Waals surface area contributed by atoms with Gasteiger partial charge in [0.2, 0.25) is 0 Å². The van der Waals surface area contributed by atoms with Crippen molar-refractivity contribution < 1.29 is 0 Å². The summed E-state index contributed by atoms with van der Waals surface area (Å²) in [6, 6.07) is 16.6. The van der Waals surface area contributed by atoms with E-state index in [1.165, 1.54) is 85.6 Å². The van der Waals surface area contributed by atoms with Gasteiger partial charge in [-0.3, -0.25) is 0 Å². The molecule has 0 aliphatic carbocycles. The highest BCUT2D eigenvalue weighted by atomic mass is 32.1. The van der Waals surface area contributed by atoms with Crippen molar-refractivity contribution in [1.29, 1.82) is 0 Å². The summed E-state index contributed by atoms with van der Waals surface area (Å²) in [6.45, 7) is 11.6. The van der Waals surface area contributed by atoms with Crippen LogP contribution in [0.3, 0.4) is 0 Å². The number of benzene rings is 1. The summed E-state index contributed by atoms with van der Waals surface area (Å²) in [7, 11) is -2.01. The van der Waals surface area contributed by atoms with Gasteiger partial charge in [0.15, 0.2) is 8.07 Å². The molecule has 1 aliphatic heterocycles. The fourth-order valence-corrected chi connectivity index (χ4v) is 15.5. The molecule has 0 amide bonds. The molecule has 0 saturated carbocycles. The molecule has 3 heterocycles. The molecule has 184 valence electrons. The lowest BCUT2D eigenvalue weighted by atomic mass is 9.97. The zero-order chi connectivity index (χ0) is 24.1. The summed E-state index contributed by atoms with van der Waals surface area (Å²) < 4.78 is 0. The van der Waals surface area contributed by atoms with Gasteiger partial charge in [-0.05, 0) is 65.5 Å². The van der Waals surface area contributed by atoms with Crippen LogP contribution in [0.5, 0.6) is 0 Å². The highest BCUT2D eigenvalue weighted by Crippen LogP contribution is 2.42. The minimum atomic E-state index is -2.01. The smallest absolute Gasteiger partial charge is 0.140 e. The highest BCUT2D eigenvalue weighted by molar-refractivity contribution is 7.31. The van der Waals surface area contributed by atoms with Gasteiger partial charge in [0.1, 0.15) is 0 Å². The van der Waals surface area contributed by atoms with Gasteiger partial charge in [0.25, 0.3) is 0 Å². The lowest BCUT2D eigenvalue weighted by Crippen LogP contribution is -2.65. The molecule has 2 aromatic heterocycles. The van der Waals surface area contributed by atoms with E-state index in [0.717, 1.165) is 5.92 Å². The lowest BCUT2D eigenvalue weighted by Gasteiger charge is -2.34. The van der Waals surface area contributed by atoms with E-state index in [1.54, 1.807) is 25.3 Å². The van der Waals surface area contributed by atoms with E-state index in [-0.39, 0.29) is 0 Å². The Morgan fingerprint density at radius 1 is 0.706 bits per heavy atom. The summed E-state index contributed by atoms with van der Waals surface area (Å²) in [5.41, 5.74) is 1.50. The monoisotopic (exact) mass is 508 g/mol. The normalized spacial score (nSPS) is 14.9. The molecular formula is C31H44S2Si. The molecule has 34 heavy (non-hydrogen) atoms. The third-order valence-electron chi connectivity index (χ3n) is 7.85. The fraction of sp³-hybridized carbons (Fsp3) is 0.548.